The van der Waals surface area contributed by atoms with Crippen LogP contribution in [-0.4, -0.2) is 34.4 Å². The van der Waals surface area contributed by atoms with Crippen LogP contribution in [0.2, 0.25) is 0 Å². The van der Waals surface area contributed by atoms with Gasteiger partial charge in [-0.1, -0.05) is 12.1 Å². The Labute approximate surface area is 109 Å². The summed E-state index contributed by atoms with van der Waals surface area (Å²) < 4.78 is 30.4. The maximum atomic E-state index is 12.0. The summed E-state index contributed by atoms with van der Waals surface area (Å²) >= 11 is 0. The van der Waals surface area contributed by atoms with E-state index in [0.717, 1.165) is 5.56 Å². The molecule has 2 N–H and O–H groups in total. The van der Waals surface area contributed by atoms with Crippen LogP contribution >= 0.6 is 0 Å². The Morgan fingerprint density at radius 3 is 2.72 bits per heavy atom. The van der Waals surface area contributed by atoms with E-state index in [1.54, 1.807) is 18.2 Å². The van der Waals surface area contributed by atoms with Gasteiger partial charge in [0.1, 0.15) is 0 Å². The fraction of sp³-hybridized carbons (Fsp3) is 0.500. The summed E-state index contributed by atoms with van der Waals surface area (Å²) in [6, 6.07) is 7.19. The standard InChI is InChI=1S/C12H20N2O3S/c1-3-17-7-8-18(15,16)14(2)12-6-4-5-11(9-12)10-13/h4-6,9H,3,7-8,10,13H2,1-2H3. The average molecular weight is 272 g/mol. The molecule has 1 aromatic carbocycles. The van der Waals surface area contributed by atoms with Gasteiger partial charge in [-0.05, 0) is 24.6 Å². The van der Waals surface area contributed by atoms with Crippen molar-refractivity contribution in [3.63, 3.8) is 0 Å². The smallest absolute Gasteiger partial charge is 0.237 e. The first-order chi connectivity index (χ1) is 8.51. The molecule has 0 amide bonds. The molecule has 102 valence electrons. The van der Waals surface area contributed by atoms with Crippen LogP contribution in [0.4, 0.5) is 5.69 Å². The predicted octanol–water partition coefficient (Wildman–Crippen LogP) is 0.948. The van der Waals surface area contributed by atoms with Crippen molar-refractivity contribution in [1.82, 2.24) is 0 Å². The zero-order valence-corrected chi connectivity index (χ0v) is 11.6. The van der Waals surface area contributed by atoms with E-state index in [2.05, 4.69) is 0 Å². The van der Waals surface area contributed by atoms with E-state index >= 15 is 0 Å². The minimum absolute atomic E-state index is 0.0236. The topological polar surface area (TPSA) is 72.6 Å². The number of benzene rings is 1. The molecule has 6 heteroatoms. The largest absolute Gasteiger partial charge is 0.381 e. The van der Waals surface area contributed by atoms with Crippen molar-refractivity contribution < 1.29 is 13.2 Å². The van der Waals surface area contributed by atoms with E-state index in [-0.39, 0.29) is 12.4 Å². The fourth-order valence-electron chi connectivity index (χ4n) is 1.49. The van der Waals surface area contributed by atoms with Gasteiger partial charge in [-0.3, -0.25) is 4.31 Å². The second kappa shape index (κ2) is 6.72. The van der Waals surface area contributed by atoms with Crippen molar-refractivity contribution in [3.05, 3.63) is 29.8 Å². The number of anilines is 1. The van der Waals surface area contributed by atoms with Gasteiger partial charge in [0.05, 0.1) is 18.0 Å². The van der Waals surface area contributed by atoms with Crippen molar-refractivity contribution in [2.45, 2.75) is 13.5 Å². The number of nitrogens with two attached hydrogens (primary N) is 1. The minimum Gasteiger partial charge on any atom is -0.381 e. The average Bonchev–Trinajstić information content (AvgIpc) is 2.38. The summed E-state index contributed by atoms with van der Waals surface area (Å²) in [7, 11) is -1.80. The highest BCUT2D eigenvalue weighted by Gasteiger charge is 2.18. The predicted molar refractivity (Wildman–Crippen MR) is 73.0 cm³/mol. The lowest BCUT2D eigenvalue weighted by atomic mass is 10.2. The first-order valence-corrected chi connectivity index (χ1v) is 7.45. The summed E-state index contributed by atoms with van der Waals surface area (Å²) in [5.74, 6) is -0.0236. The van der Waals surface area contributed by atoms with Crippen molar-refractivity contribution in [2.24, 2.45) is 5.73 Å². The second-order valence-electron chi connectivity index (χ2n) is 3.85. The molecule has 0 fully saturated rings. The fourth-order valence-corrected chi connectivity index (χ4v) is 2.52. The van der Waals surface area contributed by atoms with Gasteiger partial charge in [0.25, 0.3) is 0 Å². The molecule has 0 aliphatic rings. The van der Waals surface area contributed by atoms with E-state index in [0.29, 0.717) is 18.8 Å². The Bertz CT molecular complexity index is 474. The lowest BCUT2D eigenvalue weighted by Gasteiger charge is -2.20. The van der Waals surface area contributed by atoms with Crippen LogP contribution in [0.5, 0.6) is 0 Å². The van der Waals surface area contributed by atoms with Gasteiger partial charge >= 0.3 is 0 Å². The normalized spacial score (nSPS) is 11.5. The Hall–Kier alpha value is -1.11. The maximum absolute atomic E-state index is 12.0. The van der Waals surface area contributed by atoms with Crippen molar-refractivity contribution in [3.8, 4) is 0 Å². The molecule has 0 aliphatic carbocycles. The molecular weight excluding hydrogens is 252 g/mol. The van der Waals surface area contributed by atoms with Gasteiger partial charge in [0, 0.05) is 20.2 Å². The van der Waals surface area contributed by atoms with Crippen molar-refractivity contribution >= 4 is 15.7 Å². The Morgan fingerprint density at radius 1 is 1.39 bits per heavy atom. The Morgan fingerprint density at radius 2 is 2.11 bits per heavy atom. The number of hydrogen-bond donors (Lipinski definition) is 1. The quantitative estimate of drug-likeness (QED) is 0.750. The first-order valence-electron chi connectivity index (χ1n) is 5.84. The van der Waals surface area contributed by atoms with Crippen LogP contribution in [-0.2, 0) is 21.3 Å². The monoisotopic (exact) mass is 272 g/mol. The van der Waals surface area contributed by atoms with Crippen LogP contribution < -0.4 is 10.0 Å². The molecule has 1 rings (SSSR count). The third-order valence-corrected chi connectivity index (χ3v) is 4.34. The van der Waals surface area contributed by atoms with Gasteiger partial charge in [0.15, 0.2) is 0 Å². The maximum Gasteiger partial charge on any atom is 0.237 e. The molecule has 18 heavy (non-hydrogen) atoms. The SMILES string of the molecule is CCOCCS(=O)(=O)N(C)c1cccc(CN)c1. The van der Waals surface area contributed by atoms with E-state index in [1.807, 2.05) is 13.0 Å². The van der Waals surface area contributed by atoms with Gasteiger partial charge < -0.3 is 10.5 Å². The number of hydrogen-bond acceptors (Lipinski definition) is 4. The van der Waals surface area contributed by atoms with E-state index in [4.69, 9.17) is 10.5 Å². The Balaban J connectivity index is 2.81. The van der Waals surface area contributed by atoms with Crippen molar-refractivity contribution in [1.29, 1.82) is 0 Å². The molecule has 0 heterocycles. The van der Waals surface area contributed by atoms with E-state index in [9.17, 15) is 8.42 Å². The molecule has 0 aliphatic heterocycles. The van der Waals surface area contributed by atoms with E-state index in [1.165, 1.54) is 11.4 Å². The van der Waals surface area contributed by atoms with Crippen LogP contribution in [0.3, 0.4) is 0 Å². The van der Waals surface area contributed by atoms with Crippen LogP contribution in [0.25, 0.3) is 0 Å². The third-order valence-electron chi connectivity index (χ3n) is 2.62. The number of sulfonamides is 1. The highest BCUT2D eigenvalue weighted by Crippen LogP contribution is 2.17. The van der Waals surface area contributed by atoms with Gasteiger partial charge in [-0.15, -0.1) is 0 Å². The molecular formula is C12H20N2O3S. The zero-order valence-electron chi connectivity index (χ0n) is 10.8. The van der Waals surface area contributed by atoms with Crippen LogP contribution in [0.15, 0.2) is 24.3 Å². The molecule has 0 unspecified atom stereocenters. The number of nitrogens with zero attached hydrogens (tertiary/aromatic N) is 1. The van der Waals surface area contributed by atoms with Gasteiger partial charge in [-0.2, -0.15) is 0 Å². The third kappa shape index (κ3) is 3.97. The van der Waals surface area contributed by atoms with Gasteiger partial charge in [-0.25, -0.2) is 8.42 Å². The van der Waals surface area contributed by atoms with Crippen LogP contribution in [0, 0.1) is 0 Å². The number of ether oxygens (including phenoxy) is 1. The molecule has 0 saturated heterocycles. The summed E-state index contributed by atoms with van der Waals surface area (Å²) in [5.41, 5.74) is 7.06. The minimum atomic E-state index is -3.34. The molecule has 0 saturated carbocycles. The Kier molecular flexibility index (Phi) is 5.58. The molecule has 0 atom stereocenters. The van der Waals surface area contributed by atoms with Crippen molar-refractivity contribution in [2.75, 3.05) is 30.3 Å². The lowest BCUT2D eigenvalue weighted by molar-refractivity contribution is 0.163. The molecule has 1 aromatic rings. The van der Waals surface area contributed by atoms with E-state index < -0.39 is 10.0 Å². The molecule has 0 radical (unpaired) electrons. The molecule has 0 spiro atoms. The summed E-state index contributed by atoms with van der Waals surface area (Å²) in [6.45, 7) is 2.95. The summed E-state index contributed by atoms with van der Waals surface area (Å²) in [6.07, 6.45) is 0. The molecule has 0 bridgehead atoms. The zero-order chi connectivity index (χ0) is 13.6. The molecule has 0 aromatic heterocycles. The van der Waals surface area contributed by atoms with Gasteiger partial charge in [0.2, 0.25) is 10.0 Å². The first kappa shape index (κ1) is 14.9. The second-order valence-corrected chi connectivity index (χ2v) is 5.97. The summed E-state index contributed by atoms with van der Waals surface area (Å²) in [4.78, 5) is 0. The summed E-state index contributed by atoms with van der Waals surface area (Å²) in [5, 5.41) is 0. The highest BCUT2D eigenvalue weighted by molar-refractivity contribution is 7.92. The highest BCUT2D eigenvalue weighted by atomic mass is 32.2. The lowest BCUT2D eigenvalue weighted by Crippen LogP contribution is -2.30. The molecule has 5 nitrogen and oxygen atoms in total. The number of rotatable bonds is 7. The van der Waals surface area contributed by atoms with Crippen LogP contribution in [0.1, 0.15) is 12.5 Å².